The fourth-order valence-corrected chi connectivity index (χ4v) is 3.60. The average Bonchev–Trinajstić information content (AvgIpc) is 3.11. The van der Waals surface area contributed by atoms with Crippen LogP contribution in [0.25, 0.3) is 22.2 Å². The Morgan fingerprint density at radius 3 is 2.54 bits per heavy atom. The van der Waals surface area contributed by atoms with Crippen LogP contribution in [0.5, 0.6) is 0 Å². The van der Waals surface area contributed by atoms with Gasteiger partial charge in [0.2, 0.25) is 5.91 Å². The monoisotopic (exact) mass is 378 g/mol. The number of fused-ring (bicyclic) bond motifs is 1. The van der Waals surface area contributed by atoms with E-state index in [1.165, 1.54) is 0 Å². The van der Waals surface area contributed by atoms with Gasteiger partial charge in [-0.1, -0.05) is 12.1 Å². The second kappa shape index (κ2) is 7.44. The number of piperidine rings is 1. The van der Waals surface area contributed by atoms with E-state index in [9.17, 15) is 9.59 Å². The van der Waals surface area contributed by atoms with E-state index in [-0.39, 0.29) is 17.4 Å². The third kappa shape index (κ3) is 3.61. The van der Waals surface area contributed by atoms with Gasteiger partial charge in [-0.05, 0) is 62.8 Å². The number of carbonyl (C=O) groups excluding carboxylic acids is 1. The summed E-state index contributed by atoms with van der Waals surface area (Å²) in [4.78, 5) is 33.4. The molecule has 4 rings (SSSR count). The van der Waals surface area contributed by atoms with Gasteiger partial charge < -0.3 is 20.3 Å². The van der Waals surface area contributed by atoms with Gasteiger partial charge in [-0.3, -0.25) is 4.79 Å². The maximum atomic E-state index is 12.5. The summed E-state index contributed by atoms with van der Waals surface area (Å²) in [5.74, 6) is -0.361. The third-order valence-corrected chi connectivity index (χ3v) is 5.32. The first-order valence-electron chi connectivity index (χ1n) is 9.32. The number of aromatic nitrogens is 2. The molecule has 0 bridgehead atoms. The highest BCUT2D eigenvalue weighted by molar-refractivity contribution is 5.97. The molecule has 0 unspecified atom stereocenters. The summed E-state index contributed by atoms with van der Waals surface area (Å²) in [5.41, 5.74) is 2.77. The zero-order valence-electron chi connectivity index (χ0n) is 15.6. The molecular weight excluding hydrogens is 356 g/mol. The maximum absolute atomic E-state index is 12.5. The summed E-state index contributed by atoms with van der Waals surface area (Å²) in [7, 11) is 2.07. The molecule has 1 aliphatic heterocycles. The second-order valence-corrected chi connectivity index (χ2v) is 7.24. The molecule has 0 spiro atoms. The molecule has 7 nitrogen and oxygen atoms in total. The molecule has 0 radical (unpaired) electrons. The number of hydrogen-bond donors (Lipinski definition) is 3. The first-order chi connectivity index (χ1) is 13.5. The molecule has 1 fully saturated rings. The SMILES string of the molecule is CN1CCC(C(=O)Nc2ccc3c(-c4ccc(C(=O)O)cc4)c[nH]c3n2)CC1. The Labute approximate surface area is 162 Å². The zero-order chi connectivity index (χ0) is 19.7. The highest BCUT2D eigenvalue weighted by Crippen LogP contribution is 2.29. The largest absolute Gasteiger partial charge is 0.478 e. The normalized spacial score (nSPS) is 15.6. The lowest BCUT2D eigenvalue weighted by Gasteiger charge is -2.27. The number of aromatic amines is 1. The van der Waals surface area contributed by atoms with Gasteiger partial charge in [-0.25, -0.2) is 9.78 Å². The number of anilines is 1. The van der Waals surface area contributed by atoms with Crippen LogP contribution in [0.3, 0.4) is 0 Å². The number of pyridine rings is 1. The molecule has 144 valence electrons. The van der Waals surface area contributed by atoms with Crippen LogP contribution in [0.15, 0.2) is 42.6 Å². The standard InChI is InChI=1S/C21H22N4O3/c1-25-10-8-14(9-11-25)20(26)24-18-7-6-16-17(12-22-19(16)23-18)13-2-4-15(5-3-13)21(27)28/h2-7,12,14H,8-11H2,1H3,(H,27,28)(H2,22,23,24,26). The summed E-state index contributed by atoms with van der Waals surface area (Å²) in [6.07, 6.45) is 3.57. The van der Waals surface area contributed by atoms with Crippen molar-refractivity contribution in [3.8, 4) is 11.1 Å². The van der Waals surface area contributed by atoms with Gasteiger partial charge in [-0.15, -0.1) is 0 Å². The Balaban J connectivity index is 1.53. The van der Waals surface area contributed by atoms with Crippen LogP contribution in [-0.4, -0.2) is 52.0 Å². The number of carbonyl (C=O) groups is 2. The number of benzene rings is 1. The molecule has 28 heavy (non-hydrogen) atoms. The van der Waals surface area contributed by atoms with Crippen LogP contribution in [0, 0.1) is 5.92 Å². The minimum atomic E-state index is -0.947. The van der Waals surface area contributed by atoms with Gasteiger partial charge in [-0.2, -0.15) is 0 Å². The van der Waals surface area contributed by atoms with Gasteiger partial charge in [0.05, 0.1) is 5.56 Å². The molecule has 2 aromatic heterocycles. The molecule has 0 saturated carbocycles. The van der Waals surface area contributed by atoms with Gasteiger partial charge in [0, 0.05) is 23.1 Å². The van der Waals surface area contributed by atoms with Crippen molar-refractivity contribution >= 4 is 28.7 Å². The van der Waals surface area contributed by atoms with Gasteiger partial charge >= 0.3 is 5.97 Å². The lowest BCUT2D eigenvalue weighted by atomic mass is 9.96. The summed E-state index contributed by atoms with van der Waals surface area (Å²) in [5, 5.41) is 12.9. The molecule has 7 heteroatoms. The van der Waals surface area contributed by atoms with Gasteiger partial charge in [0.1, 0.15) is 11.5 Å². The van der Waals surface area contributed by atoms with Crippen molar-refractivity contribution in [2.24, 2.45) is 5.92 Å². The minimum Gasteiger partial charge on any atom is -0.478 e. The summed E-state index contributed by atoms with van der Waals surface area (Å²) in [6, 6.07) is 10.5. The minimum absolute atomic E-state index is 0.0241. The van der Waals surface area contributed by atoms with Crippen molar-refractivity contribution < 1.29 is 14.7 Å². The van der Waals surface area contributed by atoms with E-state index in [0.717, 1.165) is 42.4 Å². The van der Waals surface area contributed by atoms with Crippen LogP contribution in [-0.2, 0) is 4.79 Å². The lowest BCUT2D eigenvalue weighted by Crippen LogP contribution is -2.36. The molecule has 3 heterocycles. The number of nitrogens with zero attached hydrogens (tertiary/aromatic N) is 2. The Morgan fingerprint density at radius 1 is 1.14 bits per heavy atom. The highest BCUT2D eigenvalue weighted by Gasteiger charge is 2.23. The number of H-pyrrole nitrogens is 1. The molecule has 1 saturated heterocycles. The number of amides is 1. The Kier molecular flexibility index (Phi) is 4.83. The molecule has 3 aromatic rings. The average molecular weight is 378 g/mol. The van der Waals surface area contributed by atoms with Crippen molar-refractivity contribution in [3.05, 3.63) is 48.2 Å². The molecule has 1 aromatic carbocycles. The van der Waals surface area contributed by atoms with Crippen LogP contribution in [0.2, 0.25) is 0 Å². The van der Waals surface area contributed by atoms with Gasteiger partial charge in [0.25, 0.3) is 0 Å². The molecule has 1 amide bonds. The molecule has 0 atom stereocenters. The second-order valence-electron chi connectivity index (χ2n) is 7.24. The first-order valence-corrected chi connectivity index (χ1v) is 9.32. The quantitative estimate of drug-likeness (QED) is 0.648. The van der Waals surface area contributed by atoms with E-state index in [1.807, 2.05) is 12.3 Å². The Bertz CT molecular complexity index is 1020. The van der Waals surface area contributed by atoms with E-state index in [4.69, 9.17) is 5.11 Å². The molecular formula is C21H22N4O3. The summed E-state index contributed by atoms with van der Waals surface area (Å²) in [6.45, 7) is 1.87. The van der Waals surface area contributed by atoms with Crippen molar-refractivity contribution in [2.75, 3.05) is 25.5 Å². The van der Waals surface area contributed by atoms with Crippen molar-refractivity contribution in [1.29, 1.82) is 0 Å². The number of nitrogens with one attached hydrogen (secondary N) is 2. The highest BCUT2D eigenvalue weighted by atomic mass is 16.4. The van der Waals surface area contributed by atoms with Crippen molar-refractivity contribution in [1.82, 2.24) is 14.9 Å². The fraction of sp³-hybridized carbons (Fsp3) is 0.286. The Hall–Kier alpha value is -3.19. The smallest absolute Gasteiger partial charge is 0.335 e. The predicted molar refractivity (Wildman–Crippen MR) is 107 cm³/mol. The fourth-order valence-electron chi connectivity index (χ4n) is 3.60. The molecule has 0 aliphatic carbocycles. The van der Waals surface area contributed by atoms with Gasteiger partial charge in [0.15, 0.2) is 0 Å². The number of likely N-dealkylation sites (tertiary alicyclic amines) is 1. The van der Waals surface area contributed by atoms with E-state index in [1.54, 1.807) is 30.3 Å². The zero-order valence-corrected chi connectivity index (χ0v) is 15.6. The topological polar surface area (TPSA) is 98.3 Å². The van der Waals surface area contributed by atoms with Crippen LogP contribution >= 0.6 is 0 Å². The Morgan fingerprint density at radius 2 is 1.86 bits per heavy atom. The van der Waals surface area contributed by atoms with E-state index >= 15 is 0 Å². The summed E-state index contributed by atoms with van der Waals surface area (Å²) >= 11 is 0. The van der Waals surface area contributed by atoms with E-state index < -0.39 is 5.97 Å². The lowest BCUT2D eigenvalue weighted by molar-refractivity contribution is -0.121. The number of carboxylic acid groups (broad SMARTS) is 1. The number of hydrogen-bond acceptors (Lipinski definition) is 4. The van der Waals surface area contributed by atoms with Crippen molar-refractivity contribution in [3.63, 3.8) is 0 Å². The predicted octanol–water partition coefficient (Wildman–Crippen LogP) is 3.21. The van der Waals surface area contributed by atoms with E-state index in [2.05, 4.69) is 27.2 Å². The molecule has 3 N–H and O–H groups in total. The van der Waals surface area contributed by atoms with Crippen molar-refractivity contribution in [2.45, 2.75) is 12.8 Å². The first kappa shape index (κ1) is 18.2. The number of rotatable bonds is 4. The molecule has 1 aliphatic rings. The van der Waals surface area contributed by atoms with Crippen LogP contribution in [0.4, 0.5) is 5.82 Å². The summed E-state index contributed by atoms with van der Waals surface area (Å²) < 4.78 is 0. The van der Waals surface area contributed by atoms with Crippen LogP contribution in [0.1, 0.15) is 23.2 Å². The van der Waals surface area contributed by atoms with Crippen LogP contribution < -0.4 is 5.32 Å². The number of carboxylic acids is 1. The van der Waals surface area contributed by atoms with E-state index in [0.29, 0.717) is 11.5 Å². The number of aromatic carboxylic acids is 1. The third-order valence-electron chi connectivity index (χ3n) is 5.32. The maximum Gasteiger partial charge on any atom is 0.335 e.